The normalized spacial score (nSPS) is 19.9. The fourth-order valence-electron chi connectivity index (χ4n) is 5.76. The molecular weight excluding hydrogens is 452 g/mol. The number of carbonyl (C=O) groups excluding carboxylic acids is 1. The number of aliphatic imine (C=N–C) groups is 1. The van der Waals surface area contributed by atoms with E-state index in [9.17, 15) is 4.79 Å². The number of thioether (sulfide) groups is 1. The van der Waals surface area contributed by atoms with Crippen LogP contribution in [-0.2, 0) is 21.7 Å². The number of ether oxygens (including phenoxy) is 1. The number of piperidine rings is 1. The van der Waals surface area contributed by atoms with Crippen LogP contribution >= 0.6 is 11.8 Å². The van der Waals surface area contributed by atoms with Gasteiger partial charge in [0.25, 0.3) is 5.91 Å². The van der Waals surface area contributed by atoms with Crippen molar-refractivity contribution in [2.75, 3.05) is 13.1 Å². The molecule has 172 valence electrons. The van der Waals surface area contributed by atoms with Crippen LogP contribution < -0.4 is 0 Å². The Labute approximate surface area is 209 Å². The molecule has 35 heavy (non-hydrogen) atoms. The number of hydrogen-bond donors (Lipinski definition) is 0. The topological polar surface area (TPSA) is 41.9 Å². The summed E-state index contributed by atoms with van der Waals surface area (Å²) in [6, 6.07) is 25.1. The molecule has 3 aliphatic heterocycles. The summed E-state index contributed by atoms with van der Waals surface area (Å²) in [5.41, 5.74) is 7.80. The Balaban J connectivity index is 1.21. The molecule has 3 aromatic rings. The molecule has 4 aliphatic rings. The zero-order valence-electron chi connectivity index (χ0n) is 19.2. The molecule has 3 heterocycles. The molecule has 0 bridgehead atoms. The average molecular weight is 477 g/mol. The molecule has 0 N–H and O–H groups in total. The molecule has 1 aliphatic carbocycles. The molecule has 0 unspecified atom stereocenters. The molecule has 1 saturated heterocycles. The van der Waals surface area contributed by atoms with Crippen molar-refractivity contribution < 1.29 is 9.53 Å². The van der Waals surface area contributed by atoms with E-state index in [1.165, 1.54) is 22.9 Å². The Bertz CT molecular complexity index is 1410. The number of fused-ring (bicyclic) bond motifs is 4. The number of hydrogen-bond acceptors (Lipinski definition) is 4. The minimum atomic E-state index is -0.201. The molecule has 0 aromatic heterocycles. The first-order valence-corrected chi connectivity index (χ1v) is 12.9. The van der Waals surface area contributed by atoms with Crippen molar-refractivity contribution >= 4 is 40.6 Å². The van der Waals surface area contributed by atoms with Crippen molar-refractivity contribution in [3.8, 4) is 0 Å². The standard InChI is InChI=1S/C30H24N2O2S/c33-28-27(26-23-10-4-1-7-20(23)13-14-21-8-2-5-11-24(21)26)35-29(31-28)32-17-15-30(16-18-32)25-12-6-3-9-22(25)19-34-30/h1-14H,15-19H2. The van der Waals surface area contributed by atoms with E-state index in [4.69, 9.17) is 4.74 Å². The van der Waals surface area contributed by atoms with Crippen LogP contribution in [0.5, 0.6) is 0 Å². The maximum atomic E-state index is 13.3. The number of carbonyl (C=O) groups is 1. The molecule has 5 heteroatoms. The third-order valence-electron chi connectivity index (χ3n) is 7.57. The quantitative estimate of drug-likeness (QED) is 0.289. The largest absolute Gasteiger partial charge is 0.365 e. The first-order valence-electron chi connectivity index (χ1n) is 12.1. The summed E-state index contributed by atoms with van der Waals surface area (Å²) in [6.07, 6.45) is 6.08. The van der Waals surface area contributed by atoms with Crippen molar-refractivity contribution in [2.24, 2.45) is 4.99 Å². The second-order valence-electron chi connectivity index (χ2n) is 9.44. The van der Waals surface area contributed by atoms with Gasteiger partial charge in [-0.05, 0) is 58.0 Å². The van der Waals surface area contributed by atoms with Crippen molar-refractivity contribution in [3.63, 3.8) is 0 Å². The van der Waals surface area contributed by atoms with Gasteiger partial charge < -0.3 is 9.64 Å². The molecular formula is C30H24N2O2S. The Morgan fingerprint density at radius 3 is 2.17 bits per heavy atom. The molecule has 0 saturated carbocycles. The minimum absolute atomic E-state index is 0.144. The zero-order chi connectivity index (χ0) is 23.4. The second-order valence-corrected chi connectivity index (χ2v) is 10.4. The van der Waals surface area contributed by atoms with Crippen LogP contribution in [0.15, 0.2) is 82.7 Å². The predicted molar refractivity (Wildman–Crippen MR) is 142 cm³/mol. The molecule has 7 rings (SSSR count). The van der Waals surface area contributed by atoms with Gasteiger partial charge in [-0.1, -0.05) is 84.9 Å². The van der Waals surface area contributed by atoms with Crippen LogP contribution in [0.2, 0.25) is 0 Å². The van der Waals surface area contributed by atoms with Gasteiger partial charge >= 0.3 is 0 Å². The monoisotopic (exact) mass is 476 g/mol. The van der Waals surface area contributed by atoms with Crippen LogP contribution in [0.1, 0.15) is 46.2 Å². The summed E-state index contributed by atoms with van der Waals surface area (Å²) < 4.78 is 6.34. The number of benzene rings is 3. The van der Waals surface area contributed by atoms with Gasteiger partial charge in [-0.15, -0.1) is 0 Å². The highest BCUT2D eigenvalue weighted by Crippen LogP contribution is 2.46. The van der Waals surface area contributed by atoms with E-state index in [-0.39, 0.29) is 11.5 Å². The fraction of sp³-hybridized carbons (Fsp3) is 0.200. The van der Waals surface area contributed by atoms with Crippen LogP contribution in [0.3, 0.4) is 0 Å². The fourth-order valence-corrected chi connectivity index (χ4v) is 6.83. The van der Waals surface area contributed by atoms with Crippen LogP contribution in [0.4, 0.5) is 0 Å². The molecule has 0 atom stereocenters. The number of likely N-dealkylation sites (tertiary alicyclic amines) is 1. The van der Waals surface area contributed by atoms with Gasteiger partial charge in [0, 0.05) is 18.7 Å². The summed E-state index contributed by atoms with van der Waals surface area (Å²) in [5, 5.41) is 0.811. The number of amidine groups is 1. The second kappa shape index (κ2) is 8.08. The average Bonchev–Trinajstić information content (AvgIpc) is 3.40. The lowest BCUT2D eigenvalue weighted by Crippen LogP contribution is -2.44. The number of nitrogens with zero attached hydrogens (tertiary/aromatic N) is 2. The maximum absolute atomic E-state index is 13.3. The van der Waals surface area contributed by atoms with Gasteiger partial charge in [0.2, 0.25) is 0 Å². The molecule has 1 fully saturated rings. The van der Waals surface area contributed by atoms with Crippen molar-refractivity contribution in [1.29, 1.82) is 0 Å². The first-order chi connectivity index (χ1) is 17.2. The van der Waals surface area contributed by atoms with Gasteiger partial charge in [-0.3, -0.25) is 4.79 Å². The molecule has 0 radical (unpaired) electrons. The highest BCUT2D eigenvalue weighted by Gasteiger charge is 2.44. The lowest BCUT2D eigenvalue weighted by Gasteiger charge is -2.39. The van der Waals surface area contributed by atoms with Gasteiger partial charge in [-0.25, -0.2) is 0 Å². The lowest BCUT2D eigenvalue weighted by molar-refractivity contribution is -0.113. The van der Waals surface area contributed by atoms with Crippen molar-refractivity contribution in [1.82, 2.24) is 4.90 Å². The molecule has 4 nitrogen and oxygen atoms in total. The third-order valence-corrected chi connectivity index (χ3v) is 8.68. The SMILES string of the molecule is O=C1N=C(N2CCC3(CC2)OCc2ccccc23)SC1=C1c2ccccc2C=Cc2ccccc21. The lowest BCUT2D eigenvalue weighted by atomic mass is 9.84. The van der Waals surface area contributed by atoms with Crippen LogP contribution in [0.25, 0.3) is 17.7 Å². The van der Waals surface area contributed by atoms with E-state index >= 15 is 0 Å². The van der Waals surface area contributed by atoms with E-state index in [1.807, 2.05) is 24.3 Å². The van der Waals surface area contributed by atoms with Gasteiger partial charge in [0.05, 0.1) is 17.1 Å². The maximum Gasteiger partial charge on any atom is 0.286 e. The van der Waals surface area contributed by atoms with Gasteiger partial charge in [0.15, 0.2) is 5.17 Å². The summed E-state index contributed by atoms with van der Waals surface area (Å²) in [4.78, 5) is 20.9. The van der Waals surface area contributed by atoms with E-state index < -0.39 is 0 Å². The molecule has 3 aromatic carbocycles. The summed E-state index contributed by atoms with van der Waals surface area (Å²) >= 11 is 1.52. The summed E-state index contributed by atoms with van der Waals surface area (Å²) in [7, 11) is 0. The molecule has 1 spiro atoms. The highest BCUT2D eigenvalue weighted by atomic mass is 32.2. The Kier molecular flexibility index (Phi) is 4.83. The predicted octanol–water partition coefficient (Wildman–Crippen LogP) is 6.08. The highest BCUT2D eigenvalue weighted by molar-refractivity contribution is 8.18. The van der Waals surface area contributed by atoms with Crippen LogP contribution in [-0.4, -0.2) is 29.1 Å². The molecule has 1 amide bonds. The van der Waals surface area contributed by atoms with E-state index in [2.05, 4.69) is 70.6 Å². The smallest absolute Gasteiger partial charge is 0.286 e. The Hall–Kier alpha value is -3.41. The van der Waals surface area contributed by atoms with E-state index in [0.29, 0.717) is 11.5 Å². The zero-order valence-corrected chi connectivity index (χ0v) is 20.1. The van der Waals surface area contributed by atoms with Gasteiger partial charge in [-0.2, -0.15) is 4.99 Å². The van der Waals surface area contributed by atoms with E-state index in [1.54, 1.807) is 0 Å². The first kappa shape index (κ1) is 20.9. The number of amides is 1. The Morgan fingerprint density at radius 2 is 1.46 bits per heavy atom. The van der Waals surface area contributed by atoms with Crippen LogP contribution in [0, 0.1) is 0 Å². The minimum Gasteiger partial charge on any atom is -0.365 e. The van der Waals surface area contributed by atoms with Gasteiger partial charge in [0.1, 0.15) is 0 Å². The number of rotatable bonds is 0. The van der Waals surface area contributed by atoms with Crippen molar-refractivity contribution in [3.05, 3.63) is 111 Å². The Morgan fingerprint density at radius 1 is 0.829 bits per heavy atom. The van der Waals surface area contributed by atoms with E-state index in [0.717, 1.165) is 58.9 Å². The van der Waals surface area contributed by atoms with Crippen molar-refractivity contribution in [2.45, 2.75) is 25.0 Å². The summed E-state index contributed by atoms with van der Waals surface area (Å²) in [6.45, 7) is 2.34. The summed E-state index contributed by atoms with van der Waals surface area (Å²) in [5.74, 6) is -0.144. The third kappa shape index (κ3) is 3.33.